The van der Waals surface area contributed by atoms with Crippen molar-refractivity contribution in [3.63, 3.8) is 0 Å². The van der Waals surface area contributed by atoms with Crippen LogP contribution in [0.15, 0.2) is 54.4 Å². The molecule has 136 valence electrons. The molecular formula is C24H24N2S. The highest BCUT2D eigenvalue weighted by Gasteiger charge is 2.57. The van der Waals surface area contributed by atoms with Crippen molar-refractivity contribution in [2.24, 2.45) is 5.92 Å². The SMILES string of the molecule is C=C(C)c1cc(-c2csc(-c3ccccc3C)n2)n(C23CC=CC2C3)c1C. The maximum atomic E-state index is 5.05. The molecular weight excluding hydrogens is 348 g/mol. The van der Waals surface area contributed by atoms with Gasteiger partial charge in [-0.3, -0.25) is 0 Å². The van der Waals surface area contributed by atoms with E-state index < -0.39 is 0 Å². The molecule has 2 aliphatic rings. The van der Waals surface area contributed by atoms with Crippen LogP contribution in [0, 0.1) is 19.8 Å². The van der Waals surface area contributed by atoms with Crippen molar-refractivity contribution in [3.8, 4) is 22.0 Å². The molecule has 0 bridgehead atoms. The van der Waals surface area contributed by atoms with Crippen molar-refractivity contribution in [1.82, 2.24) is 9.55 Å². The van der Waals surface area contributed by atoms with Gasteiger partial charge in [-0.15, -0.1) is 11.3 Å². The van der Waals surface area contributed by atoms with Crippen LogP contribution < -0.4 is 0 Å². The Labute approximate surface area is 164 Å². The fraction of sp³-hybridized carbons (Fsp3) is 0.292. The van der Waals surface area contributed by atoms with Gasteiger partial charge in [0.05, 0.1) is 16.9 Å². The number of nitrogens with zero attached hydrogens (tertiary/aromatic N) is 2. The molecule has 0 spiro atoms. The van der Waals surface area contributed by atoms with E-state index in [-0.39, 0.29) is 5.54 Å². The topological polar surface area (TPSA) is 17.8 Å². The number of benzene rings is 1. The quantitative estimate of drug-likeness (QED) is 0.472. The summed E-state index contributed by atoms with van der Waals surface area (Å²) < 4.78 is 2.57. The summed E-state index contributed by atoms with van der Waals surface area (Å²) >= 11 is 1.74. The fourth-order valence-corrected chi connectivity index (χ4v) is 5.62. The van der Waals surface area contributed by atoms with Crippen LogP contribution in [0.1, 0.15) is 36.6 Å². The number of rotatable bonds is 4. The van der Waals surface area contributed by atoms with Gasteiger partial charge >= 0.3 is 0 Å². The van der Waals surface area contributed by atoms with Gasteiger partial charge in [-0.1, -0.05) is 43.0 Å². The molecule has 2 aromatic heterocycles. The zero-order chi connectivity index (χ0) is 18.8. The van der Waals surface area contributed by atoms with Crippen LogP contribution in [0.2, 0.25) is 0 Å². The van der Waals surface area contributed by atoms with E-state index >= 15 is 0 Å². The summed E-state index contributed by atoms with van der Waals surface area (Å²) in [5.74, 6) is 0.676. The maximum absolute atomic E-state index is 5.05. The Morgan fingerprint density at radius 1 is 1.30 bits per heavy atom. The molecule has 2 heterocycles. The van der Waals surface area contributed by atoms with Gasteiger partial charge < -0.3 is 4.57 Å². The summed E-state index contributed by atoms with van der Waals surface area (Å²) in [6.45, 7) is 10.7. The summed E-state index contributed by atoms with van der Waals surface area (Å²) in [6, 6.07) is 10.8. The van der Waals surface area contributed by atoms with Gasteiger partial charge in [0.15, 0.2) is 0 Å². The predicted molar refractivity (Wildman–Crippen MR) is 115 cm³/mol. The van der Waals surface area contributed by atoms with Crippen LogP contribution in [-0.2, 0) is 5.54 Å². The summed E-state index contributed by atoms with van der Waals surface area (Å²) in [5, 5.41) is 3.31. The molecule has 2 aliphatic carbocycles. The van der Waals surface area contributed by atoms with Crippen LogP contribution >= 0.6 is 11.3 Å². The molecule has 2 atom stereocenters. The molecule has 0 amide bonds. The summed E-state index contributed by atoms with van der Waals surface area (Å²) in [4.78, 5) is 5.05. The van der Waals surface area contributed by atoms with E-state index in [1.807, 2.05) is 0 Å². The molecule has 1 aromatic carbocycles. The molecule has 0 radical (unpaired) electrons. The lowest BCUT2D eigenvalue weighted by Crippen LogP contribution is -2.19. The van der Waals surface area contributed by atoms with Gasteiger partial charge in [-0.2, -0.15) is 0 Å². The molecule has 3 aromatic rings. The Morgan fingerprint density at radius 3 is 2.78 bits per heavy atom. The van der Waals surface area contributed by atoms with Gasteiger partial charge in [0.25, 0.3) is 0 Å². The summed E-state index contributed by atoms with van der Waals surface area (Å²) in [5.41, 5.74) is 8.79. The van der Waals surface area contributed by atoms with Gasteiger partial charge in [-0.05, 0) is 56.4 Å². The van der Waals surface area contributed by atoms with Gasteiger partial charge in [0, 0.05) is 22.6 Å². The second kappa shape index (κ2) is 5.80. The molecule has 0 N–H and O–H groups in total. The number of aryl methyl sites for hydroxylation is 1. The van der Waals surface area contributed by atoms with Gasteiger partial charge in [-0.25, -0.2) is 4.98 Å². The largest absolute Gasteiger partial charge is 0.336 e. The van der Waals surface area contributed by atoms with Gasteiger partial charge in [0.1, 0.15) is 5.01 Å². The minimum absolute atomic E-state index is 0.236. The maximum Gasteiger partial charge on any atom is 0.124 e. The van der Waals surface area contributed by atoms with E-state index in [0.717, 1.165) is 22.7 Å². The van der Waals surface area contributed by atoms with Crippen molar-refractivity contribution < 1.29 is 0 Å². The average Bonchev–Trinajstić information content (AvgIpc) is 3.04. The van der Waals surface area contributed by atoms with Crippen molar-refractivity contribution in [2.45, 2.75) is 39.2 Å². The molecule has 2 unspecified atom stereocenters. The molecule has 5 rings (SSSR count). The number of aromatic nitrogens is 2. The second-order valence-electron chi connectivity index (χ2n) is 8.04. The zero-order valence-electron chi connectivity index (χ0n) is 16.1. The standard InChI is InChI=1S/C24H24N2S/c1-15(2)20-12-22(26(17(20)4)24-11-7-9-18(24)13-24)21-14-27-23(25-21)19-10-6-5-8-16(19)3/h5-10,12,14,18H,1,11,13H2,2-4H3. The van der Waals surface area contributed by atoms with E-state index in [1.165, 1.54) is 34.5 Å². The Hall–Kier alpha value is -2.39. The first kappa shape index (κ1) is 16.8. The monoisotopic (exact) mass is 372 g/mol. The van der Waals surface area contributed by atoms with Crippen molar-refractivity contribution in [2.75, 3.05) is 0 Å². The van der Waals surface area contributed by atoms with Crippen LogP contribution in [0.4, 0.5) is 0 Å². The number of thiazole rings is 1. The third-order valence-corrected chi connectivity index (χ3v) is 7.11. The molecule has 1 saturated carbocycles. The van der Waals surface area contributed by atoms with E-state index in [4.69, 9.17) is 4.98 Å². The van der Waals surface area contributed by atoms with Gasteiger partial charge in [0.2, 0.25) is 0 Å². The van der Waals surface area contributed by atoms with Crippen LogP contribution in [0.3, 0.4) is 0 Å². The number of hydrogen-bond acceptors (Lipinski definition) is 2. The van der Waals surface area contributed by atoms with E-state index in [1.54, 1.807) is 11.3 Å². The highest BCUT2D eigenvalue weighted by atomic mass is 32.1. The Morgan fingerprint density at radius 2 is 2.11 bits per heavy atom. The van der Waals surface area contributed by atoms with E-state index in [9.17, 15) is 0 Å². The molecule has 1 fully saturated rings. The van der Waals surface area contributed by atoms with Crippen LogP contribution in [0.25, 0.3) is 27.5 Å². The molecule has 3 heteroatoms. The Bertz CT molecular complexity index is 1100. The lowest BCUT2D eigenvalue weighted by Gasteiger charge is -2.21. The molecule has 2 nitrogen and oxygen atoms in total. The minimum atomic E-state index is 0.236. The second-order valence-corrected chi connectivity index (χ2v) is 8.90. The van der Waals surface area contributed by atoms with Crippen LogP contribution in [-0.4, -0.2) is 9.55 Å². The summed E-state index contributed by atoms with van der Waals surface area (Å²) in [7, 11) is 0. The van der Waals surface area contributed by atoms with E-state index in [2.05, 4.69) is 79.8 Å². The first-order valence-electron chi connectivity index (χ1n) is 9.58. The van der Waals surface area contributed by atoms with Crippen molar-refractivity contribution in [1.29, 1.82) is 0 Å². The molecule has 0 aliphatic heterocycles. The third-order valence-electron chi connectivity index (χ3n) is 6.24. The van der Waals surface area contributed by atoms with E-state index in [0.29, 0.717) is 5.92 Å². The highest BCUT2D eigenvalue weighted by Crippen LogP contribution is 2.60. The van der Waals surface area contributed by atoms with Crippen molar-refractivity contribution >= 4 is 16.9 Å². The first-order valence-corrected chi connectivity index (χ1v) is 10.5. The smallest absolute Gasteiger partial charge is 0.124 e. The fourth-order valence-electron chi connectivity index (χ4n) is 4.72. The normalized spacial score (nSPS) is 22.9. The number of allylic oxidation sites excluding steroid dienone is 3. The predicted octanol–water partition coefficient (Wildman–Crippen LogP) is 6.60. The minimum Gasteiger partial charge on any atom is -0.336 e. The first-order chi connectivity index (χ1) is 13.0. The summed E-state index contributed by atoms with van der Waals surface area (Å²) in [6.07, 6.45) is 7.11. The molecule has 27 heavy (non-hydrogen) atoms. The zero-order valence-corrected chi connectivity index (χ0v) is 16.9. The highest BCUT2D eigenvalue weighted by molar-refractivity contribution is 7.13. The third kappa shape index (κ3) is 2.41. The number of hydrogen-bond donors (Lipinski definition) is 0. The average molecular weight is 373 g/mol. The number of fused-ring (bicyclic) bond motifs is 1. The molecule has 0 saturated heterocycles. The van der Waals surface area contributed by atoms with Crippen LogP contribution in [0.5, 0.6) is 0 Å². The Kier molecular flexibility index (Phi) is 3.60. The Balaban J connectivity index is 1.65. The lowest BCUT2D eigenvalue weighted by atomic mass is 10.1. The van der Waals surface area contributed by atoms with Crippen molar-refractivity contribution in [3.05, 3.63) is 71.3 Å². The lowest BCUT2D eigenvalue weighted by molar-refractivity contribution is 0.475.